The second-order valence-corrected chi connectivity index (χ2v) is 5.72. The molecule has 1 aromatic rings. The molecule has 3 rings (SSSR count). The molecule has 0 aromatic carbocycles. The van der Waals surface area contributed by atoms with Gasteiger partial charge in [-0.05, 0) is 38.9 Å². The van der Waals surface area contributed by atoms with Crippen molar-refractivity contribution in [1.82, 2.24) is 20.2 Å². The molecule has 1 unspecified atom stereocenters. The molecule has 5 nitrogen and oxygen atoms in total. The van der Waals surface area contributed by atoms with Crippen LogP contribution in [0.5, 0.6) is 0 Å². The van der Waals surface area contributed by atoms with Gasteiger partial charge in [-0.2, -0.15) is 0 Å². The minimum Gasteiger partial charge on any atom is -0.341 e. The van der Waals surface area contributed by atoms with E-state index in [1.807, 2.05) is 18.5 Å². The molecule has 1 N–H and O–H groups in total. The first kappa shape index (κ1) is 12.8. The van der Waals surface area contributed by atoms with Crippen LogP contribution in [0.1, 0.15) is 19.3 Å². The van der Waals surface area contributed by atoms with Gasteiger partial charge in [-0.3, -0.25) is 0 Å². The van der Waals surface area contributed by atoms with E-state index in [0.29, 0.717) is 12.1 Å². The van der Waals surface area contributed by atoms with Gasteiger partial charge in [0, 0.05) is 44.1 Å². The lowest BCUT2D eigenvalue weighted by Gasteiger charge is -2.33. The highest BCUT2D eigenvalue weighted by atomic mass is 15.3. The van der Waals surface area contributed by atoms with Crippen LogP contribution in [0.15, 0.2) is 18.5 Å². The SMILES string of the molecule is CN1CCC(NC2CCN(c3ncccn3)CC2)C1. The van der Waals surface area contributed by atoms with Crippen molar-refractivity contribution in [2.75, 3.05) is 38.1 Å². The summed E-state index contributed by atoms with van der Waals surface area (Å²) in [5.41, 5.74) is 0. The minimum atomic E-state index is 0.663. The Morgan fingerprint density at radius 1 is 1.05 bits per heavy atom. The van der Waals surface area contributed by atoms with E-state index in [2.05, 4.69) is 32.1 Å². The van der Waals surface area contributed by atoms with Gasteiger partial charge in [0.15, 0.2) is 0 Å². The molecule has 0 radical (unpaired) electrons. The zero-order chi connectivity index (χ0) is 13.1. The summed E-state index contributed by atoms with van der Waals surface area (Å²) in [4.78, 5) is 13.4. The summed E-state index contributed by atoms with van der Waals surface area (Å²) in [7, 11) is 2.21. The van der Waals surface area contributed by atoms with Gasteiger partial charge in [-0.15, -0.1) is 0 Å². The molecule has 5 heteroatoms. The van der Waals surface area contributed by atoms with Crippen molar-refractivity contribution in [2.45, 2.75) is 31.3 Å². The van der Waals surface area contributed by atoms with Crippen LogP contribution in [0.3, 0.4) is 0 Å². The van der Waals surface area contributed by atoms with Crippen LogP contribution in [-0.4, -0.2) is 60.2 Å². The van der Waals surface area contributed by atoms with E-state index in [-0.39, 0.29) is 0 Å². The van der Waals surface area contributed by atoms with E-state index < -0.39 is 0 Å². The molecule has 19 heavy (non-hydrogen) atoms. The van der Waals surface area contributed by atoms with Crippen LogP contribution >= 0.6 is 0 Å². The second kappa shape index (κ2) is 5.84. The summed E-state index contributed by atoms with van der Waals surface area (Å²) < 4.78 is 0. The molecule has 1 atom stereocenters. The lowest BCUT2D eigenvalue weighted by Crippen LogP contribution is -2.47. The fraction of sp³-hybridized carbons (Fsp3) is 0.714. The third kappa shape index (κ3) is 3.22. The molecule has 0 saturated carbocycles. The van der Waals surface area contributed by atoms with Gasteiger partial charge < -0.3 is 15.1 Å². The van der Waals surface area contributed by atoms with Crippen molar-refractivity contribution in [3.63, 3.8) is 0 Å². The monoisotopic (exact) mass is 261 g/mol. The largest absolute Gasteiger partial charge is 0.341 e. The Morgan fingerprint density at radius 3 is 2.37 bits per heavy atom. The predicted octanol–water partition coefficient (Wildman–Crippen LogP) is 0.739. The maximum absolute atomic E-state index is 4.33. The molecule has 0 bridgehead atoms. The third-order valence-electron chi connectivity index (χ3n) is 4.19. The van der Waals surface area contributed by atoms with Crippen LogP contribution in [-0.2, 0) is 0 Å². The van der Waals surface area contributed by atoms with Gasteiger partial charge in [-0.1, -0.05) is 0 Å². The average molecular weight is 261 g/mol. The fourth-order valence-corrected chi connectivity index (χ4v) is 3.11. The first-order valence-corrected chi connectivity index (χ1v) is 7.28. The summed E-state index contributed by atoms with van der Waals surface area (Å²) in [5, 5.41) is 3.81. The summed E-state index contributed by atoms with van der Waals surface area (Å²) in [6.07, 6.45) is 7.32. The number of likely N-dealkylation sites (N-methyl/N-ethyl adjacent to an activating group) is 1. The summed E-state index contributed by atoms with van der Waals surface area (Å²) >= 11 is 0. The normalized spacial score (nSPS) is 25.9. The van der Waals surface area contributed by atoms with Crippen molar-refractivity contribution in [1.29, 1.82) is 0 Å². The molecule has 3 heterocycles. The number of hydrogen-bond donors (Lipinski definition) is 1. The highest BCUT2D eigenvalue weighted by molar-refractivity contribution is 5.29. The number of aromatic nitrogens is 2. The zero-order valence-electron chi connectivity index (χ0n) is 11.6. The summed E-state index contributed by atoms with van der Waals surface area (Å²) in [5.74, 6) is 0.876. The van der Waals surface area contributed by atoms with Gasteiger partial charge in [0.05, 0.1) is 0 Å². The standard InChI is InChI=1S/C14H23N5/c1-18-8-3-13(11-18)17-12-4-9-19(10-5-12)14-15-6-2-7-16-14/h2,6-7,12-13,17H,3-5,8-11H2,1H3. The Bertz CT molecular complexity index is 388. The van der Waals surface area contributed by atoms with Crippen LogP contribution in [0.4, 0.5) is 5.95 Å². The number of piperidine rings is 1. The number of hydrogen-bond acceptors (Lipinski definition) is 5. The van der Waals surface area contributed by atoms with Crippen molar-refractivity contribution < 1.29 is 0 Å². The number of nitrogens with one attached hydrogen (secondary N) is 1. The second-order valence-electron chi connectivity index (χ2n) is 5.72. The zero-order valence-corrected chi connectivity index (χ0v) is 11.6. The van der Waals surface area contributed by atoms with Gasteiger partial charge >= 0.3 is 0 Å². The van der Waals surface area contributed by atoms with E-state index in [1.165, 1.54) is 32.4 Å². The van der Waals surface area contributed by atoms with Gasteiger partial charge in [0.1, 0.15) is 0 Å². The van der Waals surface area contributed by atoms with Crippen molar-refractivity contribution in [3.8, 4) is 0 Å². The van der Waals surface area contributed by atoms with E-state index in [9.17, 15) is 0 Å². The summed E-state index contributed by atoms with van der Waals surface area (Å²) in [6.45, 7) is 4.55. The molecule has 0 spiro atoms. The number of nitrogens with zero attached hydrogens (tertiary/aromatic N) is 4. The molecular weight excluding hydrogens is 238 g/mol. The van der Waals surface area contributed by atoms with Gasteiger partial charge in [0.25, 0.3) is 0 Å². The number of anilines is 1. The fourth-order valence-electron chi connectivity index (χ4n) is 3.11. The lowest BCUT2D eigenvalue weighted by atomic mass is 10.0. The van der Waals surface area contributed by atoms with Gasteiger partial charge in [0.2, 0.25) is 5.95 Å². The molecule has 104 valence electrons. The highest BCUT2D eigenvalue weighted by Gasteiger charge is 2.25. The quantitative estimate of drug-likeness (QED) is 0.869. The first-order valence-electron chi connectivity index (χ1n) is 7.28. The van der Waals surface area contributed by atoms with Crippen molar-refractivity contribution in [3.05, 3.63) is 18.5 Å². The Balaban J connectivity index is 1.47. The molecule has 2 aliphatic heterocycles. The van der Waals surface area contributed by atoms with E-state index in [0.717, 1.165) is 19.0 Å². The Labute approximate surface area is 115 Å². The van der Waals surface area contributed by atoms with Crippen LogP contribution in [0, 0.1) is 0 Å². The minimum absolute atomic E-state index is 0.663. The number of rotatable bonds is 3. The Kier molecular flexibility index (Phi) is 3.94. The molecule has 2 fully saturated rings. The number of likely N-dealkylation sites (tertiary alicyclic amines) is 1. The molecule has 0 amide bonds. The van der Waals surface area contributed by atoms with E-state index >= 15 is 0 Å². The molecule has 2 aliphatic rings. The molecule has 1 aromatic heterocycles. The highest BCUT2D eigenvalue weighted by Crippen LogP contribution is 2.17. The topological polar surface area (TPSA) is 44.3 Å². The first-order chi connectivity index (χ1) is 9.31. The van der Waals surface area contributed by atoms with E-state index in [1.54, 1.807) is 0 Å². The summed E-state index contributed by atoms with van der Waals surface area (Å²) in [6, 6.07) is 3.22. The van der Waals surface area contributed by atoms with Crippen molar-refractivity contribution >= 4 is 5.95 Å². The maximum Gasteiger partial charge on any atom is 0.225 e. The Hall–Kier alpha value is -1.20. The average Bonchev–Trinajstić information content (AvgIpc) is 2.86. The molecule has 2 saturated heterocycles. The predicted molar refractivity (Wildman–Crippen MR) is 76.3 cm³/mol. The van der Waals surface area contributed by atoms with Crippen molar-refractivity contribution in [2.24, 2.45) is 0 Å². The van der Waals surface area contributed by atoms with Gasteiger partial charge in [-0.25, -0.2) is 9.97 Å². The maximum atomic E-state index is 4.33. The molecular formula is C14H23N5. The van der Waals surface area contributed by atoms with Crippen LogP contribution < -0.4 is 10.2 Å². The Morgan fingerprint density at radius 2 is 1.74 bits per heavy atom. The smallest absolute Gasteiger partial charge is 0.225 e. The lowest BCUT2D eigenvalue weighted by molar-refractivity contribution is 0.349. The van der Waals surface area contributed by atoms with Crippen LogP contribution in [0.2, 0.25) is 0 Å². The third-order valence-corrected chi connectivity index (χ3v) is 4.19. The molecule has 0 aliphatic carbocycles. The van der Waals surface area contributed by atoms with Crippen LogP contribution in [0.25, 0.3) is 0 Å². The van der Waals surface area contributed by atoms with E-state index in [4.69, 9.17) is 0 Å².